The Hall–Kier alpha value is -2.22. The van der Waals surface area contributed by atoms with Crippen LogP contribution in [0.25, 0.3) is 22.3 Å². The molecule has 0 fully saturated rings. The lowest BCUT2D eigenvalue weighted by Gasteiger charge is -2.19. The molecule has 0 atom stereocenters. The van der Waals surface area contributed by atoms with Crippen LogP contribution < -0.4 is 0 Å². The van der Waals surface area contributed by atoms with Crippen LogP contribution in [-0.2, 0) is 5.41 Å². The molecule has 0 amide bonds. The second-order valence-electron chi connectivity index (χ2n) is 5.58. The Bertz CT molecular complexity index is 803. The largest absolute Gasteiger partial charge is 0.248 e. The molecule has 0 N–H and O–H groups in total. The molecule has 0 radical (unpaired) electrons. The van der Waals surface area contributed by atoms with Gasteiger partial charge in [-0.3, -0.25) is 0 Å². The summed E-state index contributed by atoms with van der Waals surface area (Å²) in [4.78, 5) is 9.69. The second-order valence-corrected chi connectivity index (χ2v) is 5.58. The van der Waals surface area contributed by atoms with Crippen molar-refractivity contribution in [1.82, 2.24) is 9.97 Å². The van der Waals surface area contributed by atoms with Crippen LogP contribution in [0.15, 0.2) is 48.5 Å². The van der Waals surface area contributed by atoms with Crippen molar-refractivity contribution in [1.29, 1.82) is 0 Å². The third-order valence-electron chi connectivity index (χ3n) is 4.02. The fraction of sp³-hybridized carbons (Fsp3) is 0.176. The molecule has 2 aromatic carbocycles. The number of fused-ring (bicyclic) bond motifs is 4. The Morgan fingerprint density at radius 3 is 2.21 bits per heavy atom. The summed E-state index contributed by atoms with van der Waals surface area (Å²) in [5.41, 5.74) is 6.55. The summed E-state index contributed by atoms with van der Waals surface area (Å²) in [5.74, 6) is 0. The van der Waals surface area contributed by atoms with Gasteiger partial charge in [0.05, 0.1) is 22.4 Å². The third kappa shape index (κ3) is 1.31. The van der Waals surface area contributed by atoms with E-state index in [1.165, 1.54) is 11.1 Å². The molecule has 4 rings (SSSR count). The number of rotatable bonds is 0. The van der Waals surface area contributed by atoms with Crippen LogP contribution in [0.4, 0.5) is 0 Å². The van der Waals surface area contributed by atoms with Gasteiger partial charge in [-0.25, -0.2) is 9.97 Å². The molecule has 0 aliphatic heterocycles. The Morgan fingerprint density at radius 2 is 1.42 bits per heavy atom. The molecular weight excluding hydrogens is 232 g/mol. The lowest BCUT2D eigenvalue weighted by Crippen LogP contribution is -2.16. The van der Waals surface area contributed by atoms with Crippen molar-refractivity contribution in [3.8, 4) is 11.3 Å². The zero-order valence-corrected chi connectivity index (χ0v) is 11.0. The van der Waals surface area contributed by atoms with Gasteiger partial charge in [0.25, 0.3) is 0 Å². The van der Waals surface area contributed by atoms with Crippen molar-refractivity contribution < 1.29 is 0 Å². The summed E-state index contributed by atoms with van der Waals surface area (Å²) >= 11 is 0. The molecular formula is C17H14N2. The van der Waals surface area contributed by atoms with Crippen LogP contribution in [0.5, 0.6) is 0 Å². The molecule has 2 heteroatoms. The topological polar surface area (TPSA) is 25.8 Å². The highest BCUT2D eigenvalue weighted by atomic mass is 14.9. The van der Waals surface area contributed by atoms with E-state index in [0.29, 0.717) is 0 Å². The van der Waals surface area contributed by atoms with Crippen molar-refractivity contribution >= 4 is 11.0 Å². The maximum absolute atomic E-state index is 4.86. The van der Waals surface area contributed by atoms with Crippen molar-refractivity contribution in [2.24, 2.45) is 0 Å². The lowest BCUT2D eigenvalue weighted by atomic mass is 9.85. The SMILES string of the molecule is CC1(C)c2ccccc2-c2nc3ccccc3nc21. The van der Waals surface area contributed by atoms with Gasteiger partial charge in [-0.1, -0.05) is 50.2 Å². The van der Waals surface area contributed by atoms with Gasteiger partial charge in [-0.15, -0.1) is 0 Å². The van der Waals surface area contributed by atoms with Crippen molar-refractivity contribution in [3.63, 3.8) is 0 Å². The van der Waals surface area contributed by atoms with Crippen LogP contribution in [-0.4, -0.2) is 9.97 Å². The van der Waals surface area contributed by atoms with Crippen LogP contribution in [0.3, 0.4) is 0 Å². The van der Waals surface area contributed by atoms with Crippen LogP contribution >= 0.6 is 0 Å². The van der Waals surface area contributed by atoms with E-state index in [0.717, 1.165) is 22.4 Å². The molecule has 1 heterocycles. The molecule has 1 aliphatic carbocycles. The molecule has 1 aliphatic rings. The fourth-order valence-electron chi connectivity index (χ4n) is 2.99. The minimum atomic E-state index is -0.0665. The van der Waals surface area contributed by atoms with Gasteiger partial charge in [-0.2, -0.15) is 0 Å². The predicted molar refractivity (Wildman–Crippen MR) is 77.1 cm³/mol. The third-order valence-corrected chi connectivity index (χ3v) is 4.02. The van der Waals surface area contributed by atoms with Crippen molar-refractivity contribution in [2.45, 2.75) is 19.3 Å². The first-order chi connectivity index (χ1) is 9.18. The van der Waals surface area contributed by atoms with Crippen LogP contribution in [0.1, 0.15) is 25.1 Å². The first kappa shape index (κ1) is 10.7. The molecule has 0 unspecified atom stereocenters. The number of hydrogen-bond acceptors (Lipinski definition) is 2. The number of nitrogens with zero attached hydrogens (tertiary/aromatic N) is 2. The summed E-state index contributed by atoms with van der Waals surface area (Å²) in [7, 11) is 0. The smallest absolute Gasteiger partial charge is 0.0937 e. The number of para-hydroxylation sites is 2. The van der Waals surface area contributed by atoms with Gasteiger partial charge in [0.2, 0.25) is 0 Å². The van der Waals surface area contributed by atoms with Crippen LogP contribution in [0.2, 0.25) is 0 Å². The maximum atomic E-state index is 4.86. The lowest BCUT2D eigenvalue weighted by molar-refractivity contribution is 0.638. The minimum Gasteiger partial charge on any atom is -0.248 e. The normalized spacial score (nSPS) is 15.3. The van der Waals surface area contributed by atoms with Gasteiger partial charge in [0, 0.05) is 11.0 Å². The van der Waals surface area contributed by atoms with E-state index in [-0.39, 0.29) is 5.41 Å². The van der Waals surface area contributed by atoms with Gasteiger partial charge in [0.1, 0.15) is 0 Å². The predicted octanol–water partition coefficient (Wildman–Crippen LogP) is 3.94. The van der Waals surface area contributed by atoms with Gasteiger partial charge < -0.3 is 0 Å². The summed E-state index contributed by atoms with van der Waals surface area (Å²) < 4.78 is 0. The molecule has 2 nitrogen and oxygen atoms in total. The Kier molecular flexibility index (Phi) is 1.92. The summed E-state index contributed by atoms with van der Waals surface area (Å²) in [6.45, 7) is 4.45. The molecule has 0 saturated heterocycles. The summed E-state index contributed by atoms with van der Waals surface area (Å²) in [5, 5.41) is 0. The molecule has 3 aromatic rings. The Balaban J connectivity index is 2.15. The number of benzene rings is 2. The highest BCUT2D eigenvalue weighted by molar-refractivity contribution is 5.83. The number of aromatic nitrogens is 2. The van der Waals surface area contributed by atoms with Crippen molar-refractivity contribution in [2.75, 3.05) is 0 Å². The molecule has 0 bridgehead atoms. The van der Waals surface area contributed by atoms with E-state index in [1.54, 1.807) is 0 Å². The molecule has 92 valence electrons. The van der Waals surface area contributed by atoms with Gasteiger partial charge in [0.15, 0.2) is 0 Å². The van der Waals surface area contributed by atoms with E-state index < -0.39 is 0 Å². The highest BCUT2D eigenvalue weighted by Crippen LogP contribution is 2.46. The average molecular weight is 246 g/mol. The quantitative estimate of drug-likeness (QED) is 0.600. The van der Waals surface area contributed by atoms with E-state index in [1.807, 2.05) is 24.3 Å². The second kappa shape index (κ2) is 3.41. The first-order valence-corrected chi connectivity index (χ1v) is 6.55. The minimum absolute atomic E-state index is 0.0665. The Morgan fingerprint density at radius 1 is 0.789 bits per heavy atom. The van der Waals surface area contributed by atoms with Crippen LogP contribution in [0, 0.1) is 0 Å². The number of hydrogen-bond donors (Lipinski definition) is 0. The standard InChI is InChI=1S/C17H14N2/c1-17(2)12-8-4-3-7-11(12)15-16(17)19-14-10-6-5-9-13(14)18-15/h3-10H,1-2H3. The summed E-state index contributed by atoms with van der Waals surface area (Å²) in [6, 6.07) is 16.6. The zero-order chi connectivity index (χ0) is 13.0. The van der Waals surface area contributed by atoms with E-state index in [4.69, 9.17) is 9.97 Å². The highest BCUT2D eigenvalue weighted by Gasteiger charge is 2.37. The molecule has 1 aromatic heterocycles. The van der Waals surface area contributed by atoms with Gasteiger partial charge >= 0.3 is 0 Å². The molecule has 0 saturated carbocycles. The summed E-state index contributed by atoms with van der Waals surface area (Å²) in [6.07, 6.45) is 0. The molecule has 0 spiro atoms. The van der Waals surface area contributed by atoms with E-state index in [9.17, 15) is 0 Å². The fourth-order valence-corrected chi connectivity index (χ4v) is 2.99. The monoisotopic (exact) mass is 246 g/mol. The average Bonchev–Trinajstić information content (AvgIpc) is 2.66. The van der Waals surface area contributed by atoms with Gasteiger partial charge in [-0.05, 0) is 17.7 Å². The van der Waals surface area contributed by atoms with E-state index in [2.05, 4.69) is 38.1 Å². The zero-order valence-electron chi connectivity index (χ0n) is 11.0. The first-order valence-electron chi connectivity index (χ1n) is 6.55. The maximum Gasteiger partial charge on any atom is 0.0937 e. The van der Waals surface area contributed by atoms with E-state index >= 15 is 0 Å². The Labute approximate surface area is 112 Å². The van der Waals surface area contributed by atoms with Crippen molar-refractivity contribution in [3.05, 3.63) is 59.8 Å². The molecule has 19 heavy (non-hydrogen) atoms.